The fourth-order valence-corrected chi connectivity index (χ4v) is 2.95. The average molecular weight is 298 g/mol. The van der Waals surface area contributed by atoms with E-state index in [1.54, 1.807) is 0 Å². The van der Waals surface area contributed by atoms with Crippen molar-refractivity contribution in [2.75, 3.05) is 0 Å². The molecule has 21 heavy (non-hydrogen) atoms. The molecule has 0 aromatic carbocycles. The zero-order valence-electron chi connectivity index (χ0n) is 14.2. The summed E-state index contributed by atoms with van der Waals surface area (Å²) in [6, 6.07) is 0. The number of esters is 1. The van der Waals surface area contributed by atoms with Crippen LogP contribution in [0, 0.1) is 5.92 Å². The molecule has 3 nitrogen and oxygen atoms in total. The lowest BCUT2D eigenvalue weighted by Crippen LogP contribution is -2.43. The second kappa shape index (κ2) is 11.1. The van der Waals surface area contributed by atoms with Gasteiger partial charge in [-0.05, 0) is 19.3 Å². The molecule has 0 bridgehead atoms. The van der Waals surface area contributed by atoms with Gasteiger partial charge in [-0.25, -0.2) is 0 Å². The number of hydrogen-bond acceptors (Lipinski definition) is 3. The molecule has 0 aromatic rings. The van der Waals surface area contributed by atoms with Crippen molar-refractivity contribution >= 4 is 5.97 Å². The quantitative estimate of drug-likeness (QED) is 0.387. The second-order valence-electron chi connectivity index (χ2n) is 6.28. The molecule has 3 atom stereocenters. The lowest BCUT2D eigenvalue weighted by atomic mass is 9.91. The van der Waals surface area contributed by atoms with E-state index in [0.29, 0.717) is 0 Å². The molecule has 3 heteroatoms. The van der Waals surface area contributed by atoms with Gasteiger partial charge in [-0.3, -0.25) is 4.79 Å². The summed E-state index contributed by atoms with van der Waals surface area (Å²) < 4.78 is 11.6. The first-order valence-corrected chi connectivity index (χ1v) is 9.08. The highest BCUT2D eigenvalue weighted by molar-refractivity contribution is 5.73. The molecule has 0 spiro atoms. The Morgan fingerprint density at radius 1 is 0.810 bits per heavy atom. The van der Waals surface area contributed by atoms with Gasteiger partial charge in [0.25, 0.3) is 0 Å². The molecular weight excluding hydrogens is 264 g/mol. The van der Waals surface area contributed by atoms with E-state index in [0.717, 1.165) is 51.4 Å². The number of rotatable bonds is 11. The van der Waals surface area contributed by atoms with Crippen molar-refractivity contribution in [3.8, 4) is 0 Å². The highest BCUT2D eigenvalue weighted by atomic mass is 16.7. The van der Waals surface area contributed by atoms with Crippen LogP contribution in [0.1, 0.15) is 91.4 Å². The van der Waals surface area contributed by atoms with Gasteiger partial charge in [-0.1, -0.05) is 65.7 Å². The van der Waals surface area contributed by atoms with Gasteiger partial charge in [0.15, 0.2) is 0 Å². The maximum atomic E-state index is 12.3. The third-order valence-electron chi connectivity index (χ3n) is 4.33. The summed E-state index contributed by atoms with van der Waals surface area (Å²) >= 11 is 0. The first kappa shape index (κ1) is 18.5. The standard InChI is InChI=1S/C18H34O3/c1-4-7-10-11-12-15-16(13-8-5-2)20-17(14-9-6-3)21-18(15)19/h15-17H,4-14H2,1-3H3. The molecule has 1 saturated heterocycles. The van der Waals surface area contributed by atoms with Gasteiger partial charge in [0, 0.05) is 6.42 Å². The molecular formula is C18H34O3. The molecule has 0 saturated carbocycles. The van der Waals surface area contributed by atoms with Crippen LogP contribution in [-0.2, 0) is 14.3 Å². The minimum atomic E-state index is -0.300. The van der Waals surface area contributed by atoms with Crippen LogP contribution in [0.5, 0.6) is 0 Å². The van der Waals surface area contributed by atoms with E-state index in [4.69, 9.17) is 9.47 Å². The largest absolute Gasteiger partial charge is 0.435 e. The Hall–Kier alpha value is -0.570. The predicted octanol–water partition coefficient (Wildman–Crippen LogP) is 5.22. The average Bonchev–Trinajstić information content (AvgIpc) is 2.49. The predicted molar refractivity (Wildman–Crippen MR) is 86.1 cm³/mol. The monoisotopic (exact) mass is 298 g/mol. The van der Waals surface area contributed by atoms with Gasteiger partial charge in [-0.2, -0.15) is 0 Å². The van der Waals surface area contributed by atoms with Crippen LogP contribution in [0.15, 0.2) is 0 Å². The molecule has 0 aromatic heterocycles. The third kappa shape index (κ3) is 6.82. The van der Waals surface area contributed by atoms with Gasteiger partial charge in [0.05, 0.1) is 12.0 Å². The van der Waals surface area contributed by atoms with Crippen LogP contribution in [0.3, 0.4) is 0 Å². The number of carbonyl (C=O) groups is 1. The lowest BCUT2D eigenvalue weighted by Gasteiger charge is -2.35. The van der Waals surface area contributed by atoms with Crippen LogP contribution < -0.4 is 0 Å². The highest BCUT2D eigenvalue weighted by Gasteiger charge is 2.37. The van der Waals surface area contributed by atoms with E-state index >= 15 is 0 Å². The molecule has 0 N–H and O–H groups in total. The molecule has 0 aliphatic carbocycles. The zero-order valence-corrected chi connectivity index (χ0v) is 14.2. The van der Waals surface area contributed by atoms with Crippen LogP contribution in [-0.4, -0.2) is 18.4 Å². The van der Waals surface area contributed by atoms with Crippen LogP contribution in [0.4, 0.5) is 0 Å². The number of carbonyl (C=O) groups excluding carboxylic acids is 1. The summed E-state index contributed by atoms with van der Waals surface area (Å²) in [6.45, 7) is 6.54. The smallest absolute Gasteiger partial charge is 0.313 e. The molecule has 1 aliphatic heterocycles. The molecule has 3 unspecified atom stereocenters. The Kier molecular flexibility index (Phi) is 9.73. The van der Waals surface area contributed by atoms with Crippen molar-refractivity contribution in [1.29, 1.82) is 0 Å². The Bertz CT molecular complexity index is 278. The van der Waals surface area contributed by atoms with Crippen LogP contribution >= 0.6 is 0 Å². The highest BCUT2D eigenvalue weighted by Crippen LogP contribution is 2.30. The van der Waals surface area contributed by atoms with E-state index in [-0.39, 0.29) is 24.3 Å². The maximum Gasteiger partial charge on any atom is 0.313 e. The topological polar surface area (TPSA) is 35.5 Å². The summed E-state index contributed by atoms with van der Waals surface area (Å²) in [4.78, 5) is 12.3. The summed E-state index contributed by atoms with van der Waals surface area (Å²) in [7, 11) is 0. The first-order chi connectivity index (χ1) is 10.2. The molecule has 1 heterocycles. The van der Waals surface area contributed by atoms with Crippen molar-refractivity contribution in [3.05, 3.63) is 0 Å². The minimum Gasteiger partial charge on any atom is -0.435 e. The molecule has 1 aliphatic rings. The van der Waals surface area contributed by atoms with E-state index in [1.165, 1.54) is 19.3 Å². The fraction of sp³-hybridized carbons (Fsp3) is 0.944. The summed E-state index contributed by atoms with van der Waals surface area (Å²) in [5, 5.41) is 0. The van der Waals surface area contributed by atoms with Crippen molar-refractivity contribution < 1.29 is 14.3 Å². The molecule has 0 radical (unpaired) electrons. The first-order valence-electron chi connectivity index (χ1n) is 9.08. The Labute approximate surface area is 130 Å². The molecule has 1 rings (SSSR count). The van der Waals surface area contributed by atoms with Crippen molar-refractivity contribution in [2.45, 2.75) is 104 Å². The number of ether oxygens (including phenoxy) is 2. The minimum absolute atomic E-state index is 0.0139. The Morgan fingerprint density at radius 3 is 2.14 bits per heavy atom. The number of cyclic esters (lactones) is 1. The fourth-order valence-electron chi connectivity index (χ4n) is 2.95. The van der Waals surface area contributed by atoms with Gasteiger partial charge in [0.2, 0.25) is 6.29 Å². The number of hydrogen-bond donors (Lipinski definition) is 0. The van der Waals surface area contributed by atoms with Crippen molar-refractivity contribution in [3.63, 3.8) is 0 Å². The van der Waals surface area contributed by atoms with E-state index < -0.39 is 0 Å². The summed E-state index contributed by atoms with van der Waals surface area (Å²) in [6.07, 6.45) is 11.8. The summed E-state index contributed by atoms with van der Waals surface area (Å²) in [5.74, 6) is -0.0498. The zero-order chi connectivity index (χ0) is 15.5. The van der Waals surface area contributed by atoms with Gasteiger partial charge in [0.1, 0.15) is 0 Å². The lowest BCUT2D eigenvalue weighted by molar-refractivity contribution is -0.233. The SMILES string of the molecule is CCCCCCC1C(=O)OC(CCCC)OC1CCCC. The van der Waals surface area contributed by atoms with Crippen LogP contribution in [0.25, 0.3) is 0 Å². The van der Waals surface area contributed by atoms with Crippen molar-refractivity contribution in [1.82, 2.24) is 0 Å². The van der Waals surface area contributed by atoms with Crippen LogP contribution in [0.2, 0.25) is 0 Å². The number of unbranched alkanes of at least 4 members (excludes halogenated alkanes) is 5. The summed E-state index contributed by atoms with van der Waals surface area (Å²) in [5.41, 5.74) is 0. The Morgan fingerprint density at radius 2 is 1.48 bits per heavy atom. The van der Waals surface area contributed by atoms with Gasteiger partial charge in [-0.15, -0.1) is 0 Å². The molecule has 0 amide bonds. The van der Waals surface area contributed by atoms with Crippen molar-refractivity contribution in [2.24, 2.45) is 5.92 Å². The van der Waals surface area contributed by atoms with Gasteiger partial charge < -0.3 is 9.47 Å². The van der Waals surface area contributed by atoms with E-state index in [9.17, 15) is 4.79 Å². The third-order valence-corrected chi connectivity index (χ3v) is 4.33. The van der Waals surface area contributed by atoms with E-state index in [2.05, 4.69) is 20.8 Å². The van der Waals surface area contributed by atoms with E-state index in [1.807, 2.05) is 0 Å². The molecule has 124 valence electrons. The Balaban J connectivity index is 2.50. The molecule has 1 fully saturated rings. The normalized spacial score (nSPS) is 25.9. The maximum absolute atomic E-state index is 12.3. The second-order valence-corrected chi connectivity index (χ2v) is 6.28. The van der Waals surface area contributed by atoms with Gasteiger partial charge >= 0.3 is 5.97 Å².